The van der Waals surface area contributed by atoms with E-state index in [1.54, 1.807) is 42.6 Å². The van der Waals surface area contributed by atoms with E-state index >= 15 is 0 Å². The predicted molar refractivity (Wildman–Crippen MR) is 102 cm³/mol. The maximum atomic E-state index is 13.0. The van der Waals surface area contributed by atoms with Gasteiger partial charge in [-0.15, -0.1) is 0 Å². The summed E-state index contributed by atoms with van der Waals surface area (Å²) in [6, 6.07) is 15.9. The summed E-state index contributed by atoms with van der Waals surface area (Å²) in [4.78, 5) is 28.4. The van der Waals surface area contributed by atoms with Crippen LogP contribution in [0.15, 0.2) is 60.8 Å². The Bertz CT molecular complexity index is 959. The fourth-order valence-electron chi connectivity index (χ4n) is 2.80. The zero-order valence-electron chi connectivity index (χ0n) is 14.6. The van der Waals surface area contributed by atoms with Crippen molar-refractivity contribution < 1.29 is 9.59 Å². The molecule has 2 aromatic carbocycles. The molecule has 1 heterocycles. The summed E-state index contributed by atoms with van der Waals surface area (Å²) in [6.07, 6.45) is 1.62. The number of aryl methyl sites for hydroxylation is 2. The van der Waals surface area contributed by atoms with Gasteiger partial charge in [0, 0.05) is 23.0 Å². The van der Waals surface area contributed by atoms with E-state index in [4.69, 9.17) is 5.73 Å². The highest BCUT2D eigenvalue weighted by atomic mass is 16.1. The Morgan fingerprint density at radius 3 is 2.19 bits per heavy atom. The SMILES string of the molecule is Cc1cc(C)cc(C(=O)c2cccnc2Nc2ccc(C(N)=O)cc2)c1. The molecule has 3 rings (SSSR count). The van der Waals surface area contributed by atoms with Crippen LogP contribution in [-0.2, 0) is 0 Å². The van der Waals surface area contributed by atoms with E-state index in [0.717, 1.165) is 11.1 Å². The highest BCUT2D eigenvalue weighted by Gasteiger charge is 2.15. The Morgan fingerprint density at radius 2 is 1.58 bits per heavy atom. The van der Waals surface area contributed by atoms with E-state index in [9.17, 15) is 9.59 Å². The number of carbonyl (C=O) groups is 2. The number of primary amides is 1. The van der Waals surface area contributed by atoms with E-state index < -0.39 is 5.91 Å². The van der Waals surface area contributed by atoms with Crippen LogP contribution in [0.3, 0.4) is 0 Å². The molecule has 3 N–H and O–H groups in total. The number of anilines is 2. The van der Waals surface area contributed by atoms with Crippen LogP contribution in [0.25, 0.3) is 0 Å². The maximum absolute atomic E-state index is 13.0. The van der Waals surface area contributed by atoms with Gasteiger partial charge in [0.15, 0.2) is 5.78 Å². The lowest BCUT2D eigenvalue weighted by atomic mass is 10.00. The molecule has 130 valence electrons. The molecule has 3 aromatic rings. The number of ketones is 1. The van der Waals surface area contributed by atoms with E-state index in [2.05, 4.69) is 10.3 Å². The van der Waals surface area contributed by atoms with Crippen LogP contribution >= 0.6 is 0 Å². The summed E-state index contributed by atoms with van der Waals surface area (Å²) < 4.78 is 0. The summed E-state index contributed by atoms with van der Waals surface area (Å²) >= 11 is 0. The molecule has 0 aliphatic carbocycles. The molecule has 5 heteroatoms. The number of hydrogen-bond acceptors (Lipinski definition) is 4. The van der Waals surface area contributed by atoms with Gasteiger partial charge >= 0.3 is 0 Å². The number of nitrogens with zero attached hydrogens (tertiary/aromatic N) is 1. The molecule has 1 aromatic heterocycles. The van der Waals surface area contributed by atoms with Crippen molar-refractivity contribution in [1.29, 1.82) is 0 Å². The Labute approximate surface area is 151 Å². The van der Waals surface area contributed by atoms with Gasteiger partial charge in [0.1, 0.15) is 5.82 Å². The number of pyridine rings is 1. The minimum atomic E-state index is -0.486. The molecule has 1 amide bonds. The minimum absolute atomic E-state index is 0.0962. The molecule has 0 saturated carbocycles. The third kappa shape index (κ3) is 3.78. The first-order chi connectivity index (χ1) is 12.4. The van der Waals surface area contributed by atoms with Gasteiger partial charge in [-0.05, 0) is 62.4 Å². The van der Waals surface area contributed by atoms with Gasteiger partial charge in [-0.1, -0.05) is 17.2 Å². The number of nitrogens with one attached hydrogen (secondary N) is 1. The van der Waals surface area contributed by atoms with Crippen LogP contribution < -0.4 is 11.1 Å². The van der Waals surface area contributed by atoms with Crippen LogP contribution in [0.5, 0.6) is 0 Å². The Morgan fingerprint density at radius 1 is 0.923 bits per heavy atom. The molecule has 0 bridgehead atoms. The highest BCUT2D eigenvalue weighted by Crippen LogP contribution is 2.22. The normalized spacial score (nSPS) is 10.4. The zero-order chi connectivity index (χ0) is 18.7. The molecule has 0 atom stereocenters. The molecular formula is C21H19N3O2. The highest BCUT2D eigenvalue weighted by molar-refractivity contribution is 6.12. The van der Waals surface area contributed by atoms with Gasteiger partial charge in [0.25, 0.3) is 0 Å². The maximum Gasteiger partial charge on any atom is 0.248 e. The lowest BCUT2D eigenvalue weighted by Crippen LogP contribution is -2.11. The monoisotopic (exact) mass is 345 g/mol. The van der Waals surface area contributed by atoms with Crippen molar-refractivity contribution in [1.82, 2.24) is 4.98 Å². The molecule has 0 spiro atoms. The smallest absolute Gasteiger partial charge is 0.248 e. The second-order valence-electron chi connectivity index (χ2n) is 6.17. The van der Waals surface area contributed by atoms with Gasteiger partial charge in [-0.25, -0.2) is 4.98 Å². The number of hydrogen-bond donors (Lipinski definition) is 2. The molecule has 0 unspecified atom stereocenters. The van der Waals surface area contributed by atoms with Crippen LogP contribution in [0.1, 0.15) is 37.4 Å². The first-order valence-corrected chi connectivity index (χ1v) is 8.19. The number of benzene rings is 2. The van der Waals surface area contributed by atoms with E-state index in [-0.39, 0.29) is 5.78 Å². The van der Waals surface area contributed by atoms with Crippen LogP contribution in [-0.4, -0.2) is 16.7 Å². The Kier molecular flexibility index (Phi) is 4.80. The van der Waals surface area contributed by atoms with Gasteiger partial charge in [-0.3, -0.25) is 9.59 Å². The summed E-state index contributed by atoms with van der Waals surface area (Å²) in [5.41, 5.74) is 9.57. The van der Waals surface area contributed by atoms with Crippen molar-refractivity contribution in [2.24, 2.45) is 5.73 Å². The number of aromatic nitrogens is 1. The molecule has 0 aliphatic heterocycles. The van der Waals surface area contributed by atoms with E-state index in [1.807, 2.05) is 32.0 Å². The van der Waals surface area contributed by atoms with Crippen molar-refractivity contribution in [2.45, 2.75) is 13.8 Å². The first kappa shape index (κ1) is 17.4. The van der Waals surface area contributed by atoms with Gasteiger partial charge < -0.3 is 11.1 Å². The van der Waals surface area contributed by atoms with Crippen LogP contribution in [0.4, 0.5) is 11.5 Å². The predicted octanol–water partition coefficient (Wildman–Crippen LogP) is 3.77. The van der Waals surface area contributed by atoms with Crippen molar-refractivity contribution in [2.75, 3.05) is 5.32 Å². The Hall–Kier alpha value is -3.47. The lowest BCUT2D eigenvalue weighted by Gasteiger charge is -2.11. The van der Waals surface area contributed by atoms with Crippen molar-refractivity contribution in [3.8, 4) is 0 Å². The summed E-state index contributed by atoms with van der Waals surface area (Å²) in [7, 11) is 0. The molecule has 0 radical (unpaired) electrons. The van der Waals surface area contributed by atoms with Crippen molar-refractivity contribution in [3.63, 3.8) is 0 Å². The van der Waals surface area contributed by atoms with E-state index in [0.29, 0.717) is 28.2 Å². The molecule has 0 aliphatic rings. The second kappa shape index (κ2) is 7.19. The van der Waals surface area contributed by atoms with E-state index in [1.165, 1.54) is 0 Å². The van der Waals surface area contributed by atoms with Crippen molar-refractivity contribution >= 4 is 23.2 Å². The topological polar surface area (TPSA) is 85.1 Å². The van der Waals surface area contributed by atoms with Crippen LogP contribution in [0, 0.1) is 13.8 Å². The molecule has 5 nitrogen and oxygen atoms in total. The van der Waals surface area contributed by atoms with Gasteiger partial charge in [-0.2, -0.15) is 0 Å². The molecule has 26 heavy (non-hydrogen) atoms. The van der Waals surface area contributed by atoms with Gasteiger partial charge in [0.05, 0.1) is 5.56 Å². The standard InChI is InChI=1S/C21H19N3O2/c1-13-10-14(2)12-16(11-13)19(25)18-4-3-9-23-21(18)24-17-7-5-15(6-8-17)20(22)26/h3-12H,1-2H3,(H2,22,26)(H,23,24). The zero-order valence-corrected chi connectivity index (χ0v) is 14.6. The average molecular weight is 345 g/mol. The molecule has 0 fully saturated rings. The number of nitrogens with two attached hydrogens (primary N) is 1. The fourth-order valence-corrected chi connectivity index (χ4v) is 2.80. The fraction of sp³-hybridized carbons (Fsp3) is 0.0952. The molecular weight excluding hydrogens is 326 g/mol. The largest absolute Gasteiger partial charge is 0.366 e. The summed E-state index contributed by atoms with van der Waals surface area (Å²) in [5, 5.41) is 3.13. The number of carbonyl (C=O) groups excluding carboxylic acids is 2. The third-order valence-corrected chi connectivity index (χ3v) is 3.97. The summed E-state index contributed by atoms with van der Waals surface area (Å²) in [6.45, 7) is 3.93. The van der Waals surface area contributed by atoms with Gasteiger partial charge in [0.2, 0.25) is 5.91 Å². The quantitative estimate of drug-likeness (QED) is 0.689. The summed E-state index contributed by atoms with van der Waals surface area (Å²) in [5.74, 6) is -0.121. The van der Waals surface area contributed by atoms with Crippen molar-refractivity contribution in [3.05, 3.63) is 88.6 Å². The third-order valence-electron chi connectivity index (χ3n) is 3.97. The second-order valence-corrected chi connectivity index (χ2v) is 6.17. The number of amides is 1. The lowest BCUT2D eigenvalue weighted by molar-refractivity contribution is 0.0998. The van der Waals surface area contributed by atoms with Crippen LogP contribution in [0.2, 0.25) is 0 Å². The minimum Gasteiger partial charge on any atom is -0.366 e. The average Bonchev–Trinajstić information content (AvgIpc) is 2.61. The molecule has 0 saturated heterocycles. The Balaban J connectivity index is 1.92. The first-order valence-electron chi connectivity index (χ1n) is 8.19. The number of rotatable bonds is 5.